The zero-order valence-corrected chi connectivity index (χ0v) is 9.23. The van der Waals surface area contributed by atoms with Gasteiger partial charge in [-0.05, 0) is 18.5 Å². The summed E-state index contributed by atoms with van der Waals surface area (Å²) in [7, 11) is 1.85. The zero-order chi connectivity index (χ0) is 11.4. The molecule has 2 aromatic rings. The van der Waals surface area contributed by atoms with Gasteiger partial charge < -0.3 is 5.32 Å². The SMILES string of the molecule is CNCCC(=O)c1cccc2cnccc12. The predicted octanol–water partition coefficient (Wildman–Crippen LogP) is 2.03. The lowest BCUT2D eigenvalue weighted by Gasteiger charge is -2.04. The number of fused-ring (bicyclic) bond motifs is 1. The Morgan fingerprint density at radius 1 is 1.38 bits per heavy atom. The Kier molecular flexibility index (Phi) is 3.27. The lowest BCUT2D eigenvalue weighted by atomic mass is 10.0. The van der Waals surface area contributed by atoms with E-state index in [4.69, 9.17) is 0 Å². The maximum atomic E-state index is 12.0. The van der Waals surface area contributed by atoms with E-state index < -0.39 is 0 Å². The molecule has 82 valence electrons. The van der Waals surface area contributed by atoms with Crippen LogP contribution in [0.1, 0.15) is 16.8 Å². The number of nitrogens with zero attached hydrogens (tertiary/aromatic N) is 1. The molecular formula is C13H14N2O. The van der Waals surface area contributed by atoms with Crippen LogP contribution < -0.4 is 5.32 Å². The quantitative estimate of drug-likeness (QED) is 0.792. The molecule has 0 fully saturated rings. The summed E-state index contributed by atoms with van der Waals surface area (Å²) < 4.78 is 0. The van der Waals surface area contributed by atoms with Crippen LogP contribution in [0.3, 0.4) is 0 Å². The van der Waals surface area contributed by atoms with Gasteiger partial charge in [0, 0.05) is 36.3 Å². The van der Waals surface area contributed by atoms with Gasteiger partial charge in [0.25, 0.3) is 0 Å². The molecular weight excluding hydrogens is 200 g/mol. The van der Waals surface area contributed by atoms with E-state index in [1.807, 2.05) is 31.3 Å². The largest absolute Gasteiger partial charge is 0.319 e. The third-order valence-electron chi connectivity index (χ3n) is 2.58. The summed E-state index contributed by atoms with van der Waals surface area (Å²) in [5, 5.41) is 4.98. The molecule has 1 heterocycles. The molecule has 16 heavy (non-hydrogen) atoms. The summed E-state index contributed by atoms with van der Waals surface area (Å²) in [6.07, 6.45) is 4.03. The van der Waals surface area contributed by atoms with Crippen molar-refractivity contribution in [2.45, 2.75) is 6.42 Å². The van der Waals surface area contributed by atoms with Gasteiger partial charge in [-0.25, -0.2) is 0 Å². The molecule has 0 saturated heterocycles. The number of benzene rings is 1. The van der Waals surface area contributed by atoms with Crippen LogP contribution in [-0.2, 0) is 0 Å². The van der Waals surface area contributed by atoms with Crippen molar-refractivity contribution >= 4 is 16.6 Å². The van der Waals surface area contributed by atoms with Gasteiger partial charge in [-0.1, -0.05) is 18.2 Å². The molecule has 0 aliphatic heterocycles. The van der Waals surface area contributed by atoms with Crippen LogP contribution in [0.25, 0.3) is 10.8 Å². The number of nitrogens with one attached hydrogen (secondary N) is 1. The molecule has 0 atom stereocenters. The van der Waals surface area contributed by atoms with Crippen molar-refractivity contribution in [2.24, 2.45) is 0 Å². The van der Waals surface area contributed by atoms with Gasteiger partial charge in [-0.2, -0.15) is 0 Å². The molecule has 1 N–H and O–H groups in total. The fraction of sp³-hybridized carbons (Fsp3) is 0.231. The van der Waals surface area contributed by atoms with Gasteiger partial charge in [0.1, 0.15) is 0 Å². The minimum Gasteiger partial charge on any atom is -0.319 e. The molecule has 3 nitrogen and oxygen atoms in total. The standard InChI is InChI=1S/C13H14N2O/c1-14-7-6-13(16)12-4-2-3-10-9-15-8-5-11(10)12/h2-5,8-9,14H,6-7H2,1H3. The van der Waals surface area contributed by atoms with Crippen LogP contribution in [0.2, 0.25) is 0 Å². The third kappa shape index (κ3) is 2.09. The molecule has 1 aromatic carbocycles. The Labute approximate surface area is 94.5 Å². The first-order chi connectivity index (χ1) is 7.83. The minimum absolute atomic E-state index is 0.172. The Morgan fingerprint density at radius 2 is 2.25 bits per heavy atom. The fourth-order valence-corrected chi connectivity index (χ4v) is 1.74. The van der Waals surface area contributed by atoms with Crippen molar-refractivity contribution in [3.63, 3.8) is 0 Å². The highest BCUT2D eigenvalue weighted by Gasteiger charge is 2.08. The maximum Gasteiger partial charge on any atom is 0.164 e. The predicted molar refractivity (Wildman–Crippen MR) is 64.6 cm³/mol. The van der Waals surface area contributed by atoms with E-state index >= 15 is 0 Å². The fourth-order valence-electron chi connectivity index (χ4n) is 1.74. The molecule has 0 aliphatic carbocycles. The van der Waals surface area contributed by atoms with Crippen molar-refractivity contribution in [1.29, 1.82) is 0 Å². The monoisotopic (exact) mass is 214 g/mol. The van der Waals surface area contributed by atoms with Crippen molar-refractivity contribution in [3.8, 4) is 0 Å². The van der Waals surface area contributed by atoms with Crippen molar-refractivity contribution in [2.75, 3.05) is 13.6 Å². The number of hydrogen-bond acceptors (Lipinski definition) is 3. The minimum atomic E-state index is 0.172. The zero-order valence-electron chi connectivity index (χ0n) is 9.23. The summed E-state index contributed by atoms with van der Waals surface area (Å²) >= 11 is 0. The molecule has 0 amide bonds. The van der Waals surface area contributed by atoms with Crippen LogP contribution in [0.15, 0.2) is 36.7 Å². The van der Waals surface area contributed by atoms with E-state index in [1.165, 1.54) is 0 Å². The molecule has 0 bridgehead atoms. The summed E-state index contributed by atoms with van der Waals surface area (Å²) in [5.41, 5.74) is 0.787. The van der Waals surface area contributed by atoms with Crippen LogP contribution in [-0.4, -0.2) is 24.4 Å². The van der Waals surface area contributed by atoms with E-state index in [2.05, 4.69) is 10.3 Å². The number of rotatable bonds is 4. The Hall–Kier alpha value is -1.74. The highest BCUT2D eigenvalue weighted by atomic mass is 16.1. The number of hydrogen-bond donors (Lipinski definition) is 1. The first-order valence-corrected chi connectivity index (χ1v) is 5.33. The Bertz CT molecular complexity index is 503. The van der Waals surface area contributed by atoms with Gasteiger partial charge in [0.15, 0.2) is 5.78 Å². The Morgan fingerprint density at radius 3 is 3.06 bits per heavy atom. The van der Waals surface area contributed by atoms with E-state index in [0.717, 1.165) is 16.3 Å². The highest BCUT2D eigenvalue weighted by Crippen LogP contribution is 2.18. The van der Waals surface area contributed by atoms with Gasteiger partial charge >= 0.3 is 0 Å². The second-order valence-electron chi connectivity index (χ2n) is 3.68. The average molecular weight is 214 g/mol. The molecule has 0 aliphatic rings. The number of aromatic nitrogens is 1. The number of Topliss-reactive ketones (excluding diaryl/α,β-unsaturated/α-hetero) is 1. The first kappa shape index (κ1) is 10.8. The topological polar surface area (TPSA) is 42.0 Å². The normalized spacial score (nSPS) is 10.6. The van der Waals surface area contributed by atoms with Gasteiger partial charge in [0.05, 0.1) is 0 Å². The van der Waals surface area contributed by atoms with E-state index in [1.54, 1.807) is 12.4 Å². The second-order valence-corrected chi connectivity index (χ2v) is 3.68. The van der Waals surface area contributed by atoms with E-state index in [-0.39, 0.29) is 5.78 Å². The van der Waals surface area contributed by atoms with Crippen molar-refractivity contribution in [3.05, 3.63) is 42.2 Å². The lowest BCUT2D eigenvalue weighted by Crippen LogP contribution is -2.13. The average Bonchev–Trinajstić information content (AvgIpc) is 2.35. The van der Waals surface area contributed by atoms with Gasteiger partial charge in [0.2, 0.25) is 0 Å². The maximum absolute atomic E-state index is 12.0. The number of ketones is 1. The number of carbonyl (C=O) groups excluding carboxylic acids is 1. The molecule has 0 spiro atoms. The van der Waals surface area contributed by atoms with Gasteiger partial charge in [-0.3, -0.25) is 9.78 Å². The van der Waals surface area contributed by atoms with Crippen LogP contribution >= 0.6 is 0 Å². The van der Waals surface area contributed by atoms with Crippen LogP contribution in [0.4, 0.5) is 0 Å². The molecule has 0 radical (unpaired) electrons. The lowest BCUT2D eigenvalue weighted by molar-refractivity contribution is 0.0985. The molecule has 0 saturated carbocycles. The molecule has 2 rings (SSSR count). The second kappa shape index (κ2) is 4.86. The number of carbonyl (C=O) groups is 1. The molecule has 1 aromatic heterocycles. The Balaban J connectivity index is 2.40. The summed E-state index contributed by atoms with van der Waals surface area (Å²) in [6, 6.07) is 7.63. The van der Waals surface area contributed by atoms with Crippen LogP contribution in [0, 0.1) is 0 Å². The van der Waals surface area contributed by atoms with E-state index in [9.17, 15) is 4.79 Å². The van der Waals surface area contributed by atoms with Crippen LogP contribution in [0.5, 0.6) is 0 Å². The highest BCUT2D eigenvalue weighted by molar-refractivity contribution is 6.07. The first-order valence-electron chi connectivity index (χ1n) is 5.33. The molecule has 0 unspecified atom stereocenters. The number of pyridine rings is 1. The third-order valence-corrected chi connectivity index (χ3v) is 2.58. The summed E-state index contributed by atoms with van der Waals surface area (Å²) in [4.78, 5) is 16.0. The van der Waals surface area contributed by atoms with E-state index in [0.29, 0.717) is 13.0 Å². The van der Waals surface area contributed by atoms with Crippen molar-refractivity contribution in [1.82, 2.24) is 10.3 Å². The summed E-state index contributed by atoms with van der Waals surface area (Å²) in [5.74, 6) is 0.172. The van der Waals surface area contributed by atoms with Crippen molar-refractivity contribution < 1.29 is 4.79 Å². The smallest absolute Gasteiger partial charge is 0.164 e. The molecule has 3 heteroatoms. The van der Waals surface area contributed by atoms with Gasteiger partial charge in [-0.15, -0.1) is 0 Å². The summed E-state index contributed by atoms with van der Waals surface area (Å²) in [6.45, 7) is 0.709.